The average molecular weight is 344 g/mol. The number of nitrogens with one attached hydrogen (secondary N) is 1. The lowest BCUT2D eigenvalue weighted by molar-refractivity contribution is 0.151. The molecule has 20 heavy (non-hydrogen) atoms. The third kappa shape index (κ3) is 3.54. The fourth-order valence-corrected chi connectivity index (χ4v) is 2.16. The van der Waals surface area contributed by atoms with Crippen LogP contribution in [-0.2, 0) is 6.54 Å². The number of halogens is 4. The second-order valence-electron chi connectivity index (χ2n) is 4.48. The van der Waals surface area contributed by atoms with Gasteiger partial charge in [-0.05, 0) is 46.1 Å². The van der Waals surface area contributed by atoms with Crippen LogP contribution in [-0.4, -0.2) is 0 Å². The first-order valence-electron chi connectivity index (χ1n) is 6.04. The van der Waals surface area contributed by atoms with E-state index in [1.165, 1.54) is 18.2 Å². The molecule has 1 N–H and O–H groups in total. The van der Waals surface area contributed by atoms with E-state index in [1.807, 2.05) is 0 Å². The van der Waals surface area contributed by atoms with E-state index in [1.54, 1.807) is 25.1 Å². The molecule has 0 unspecified atom stereocenters. The van der Waals surface area contributed by atoms with Gasteiger partial charge in [0, 0.05) is 17.8 Å². The van der Waals surface area contributed by atoms with E-state index in [-0.39, 0.29) is 11.4 Å². The highest BCUT2D eigenvalue weighted by molar-refractivity contribution is 9.10. The Bertz CT molecular complexity index is 597. The summed E-state index contributed by atoms with van der Waals surface area (Å²) in [5, 5.41) is 3.16. The summed E-state index contributed by atoms with van der Waals surface area (Å²) in [6, 6.07) is 9.24. The number of anilines is 1. The first-order chi connectivity index (χ1) is 9.47. The van der Waals surface area contributed by atoms with Crippen molar-refractivity contribution in [1.82, 2.24) is 0 Å². The van der Waals surface area contributed by atoms with Gasteiger partial charge in [0.15, 0.2) is 0 Å². The molecule has 2 rings (SSSR count). The summed E-state index contributed by atoms with van der Waals surface area (Å²) in [4.78, 5) is 0. The van der Waals surface area contributed by atoms with Gasteiger partial charge in [-0.3, -0.25) is 0 Å². The van der Waals surface area contributed by atoms with Crippen molar-refractivity contribution in [2.75, 3.05) is 5.32 Å². The molecule has 0 radical (unpaired) electrons. The lowest BCUT2D eigenvalue weighted by atomic mass is 10.1. The smallest absolute Gasteiger partial charge is 0.263 e. The predicted molar refractivity (Wildman–Crippen MR) is 77.6 cm³/mol. The van der Waals surface area contributed by atoms with Gasteiger partial charge in [-0.2, -0.15) is 0 Å². The molecular weight excluding hydrogens is 331 g/mol. The summed E-state index contributed by atoms with van der Waals surface area (Å²) in [6.07, 6.45) is -2.45. The zero-order chi connectivity index (χ0) is 14.7. The molecule has 106 valence electrons. The number of benzene rings is 2. The molecule has 0 amide bonds. The number of alkyl halides is 2. The number of hydrogen-bond donors (Lipinski definition) is 1. The molecule has 0 bridgehead atoms. The number of aryl methyl sites for hydroxylation is 1. The Morgan fingerprint density at radius 2 is 1.80 bits per heavy atom. The molecule has 0 heterocycles. The van der Waals surface area contributed by atoms with Crippen molar-refractivity contribution in [3.63, 3.8) is 0 Å². The standard InChI is InChI=1S/C15H13BrF3N/c1-9-6-13(17)12(16)7-14(9)20-8-10-2-4-11(5-3-10)15(18)19/h2-7,15,20H,8H2,1H3. The van der Waals surface area contributed by atoms with Crippen molar-refractivity contribution in [2.24, 2.45) is 0 Å². The summed E-state index contributed by atoms with van der Waals surface area (Å²) >= 11 is 3.13. The topological polar surface area (TPSA) is 12.0 Å². The van der Waals surface area contributed by atoms with Gasteiger partial charge in [0.25, 0.3) is 6.43 Å². The predicted octanol–water partition coefficient (Wildman–Crippen LogP) is 5.45. The summed E-state index contributed by atoms with van der Waals surface area (Å²) in [5.41, 5.74) is 2.48. The molecule has 5 heteroatoms. The van der Waals surface area contributed by atoms with Crippen molar-refractivity contribution in [2.45, 2.75) is 19.9 Å². The molecule has 0 aliphatic heterocycles. The normalized spacial score (nSPS) is 10.9. The molecule has 0 aromatic heterocycles. The molecular formula is C15H13BrF3N. The van der Waals surface area contributed by atoms with Gasteiger partial charge in [0.05, 0.1) is 4.47 Å². The molecule has 0 atom stereocenters. The maximum atomic E-state index is 13.3. The summed E-state index contributed by atoms with van der Waals surface area (Å²) < 4.78 is 38.5. The van der Waals surface area contributed by atoms with Crippen LogP contribution < -0.4 is 5.32 Å². The zero-order valence-corrected chi connectivity index (χ0v) is 12.3. The van der Waals surface area contributed by atoms with Crippen molar-refractivity contribution in [1.29, 1.82) is 0 Å². The fraction of sp³-hybridized carbons (Fsp3) is 0.200. The van der Waals surface area contributed by atoms with Crippen LogP contribution >= 0.6 is 15.9 Å². The van der Waals surface area contributed by atoms with Crippen LogP contribution in [0.2, 0.25) is 0 Å². The van der Waals surface area contributed by atoms with Crippen molar-refractivity contribution >= 4 is 21.6 Å². The van der Waals surface area contributed by atoms with Gasteiger partial charge < -0.3 is 5.32 Å². The SMILES string of the molecule is Cc1cc(F)c(Br)cc1NCc1ccc(C(F)F)cc1. The molecule has 0 spiro atoms. The Morgan fingerprint density at radius 1 is 1.15 bits per heavy atom. The Balaban J connectivity index is 2.07. The van der Waals surface area contributed by atoms with Crippen LogP contribution in [0.3, 0.4) is 0 Å². The van der Waals surface area contributed by atoms with Crippen LogP contribution in [0.25, 0.3) is 0 Å². The van der Waals surface area contributed by atoms with Crippen LogP contribution in [0, 0.1) is 12.7 Å². The maximum Gasteiger partial charge on any atom is 0.263 e. The van der Waals surface area contributed by atoms with Crippen LogP contribution in [0.5, 0.6) is 0 Å². The van der Waals surface area contributed by atoms with Crippen molar-refractivity contribution in [3.05, 3.63) is 63.4 Å². The first kappa shape index (κ1) is 14.9. The summed E-state index contributed by atoms with van der Waals surface area (Å²) in [5.74, 6) is -0.311. The van der Waals surface area contributed by atoms with Crippen LogP contribution in [0.4, 0.5) is 18.9 Å². The molecule has 0 aliphatic rings. The van der Waals surface area contributed by atoms with Crippen LogP contribution in [0.15, 0.2) is 40.9 Å². The molecule has 2 aromatic rings. The van der Waals surface area contributed by atoms with E-state index in [2.05, 4.69) is 21.2 Å². The van der Waals surface area contributed by atoms with E-state index in [4.69, 9.17) is 0 Å². The minimum atomic E-state index is -2.45. The molecule has 0 aliphatic carbocycles. The summed E-state index contributed by atoms with van der Waals surface area (Å²) in [7, 11) is 0. The van der Waals surface area contributed by atoms with E-state index >= 15 is 0 Å². The monoisotopic (exact) mass is 343 g/mol. The number of rotatable bonds is 4. The summed E-state index contributed by atoms with van der Waals surface area (Å²) in [6.45, 7) is 2.29. The second kappa shape index (κ2) is 6.31. The third-order valence-corrected chi connectivity index (χ3v) is 3.59. The Hall–Kier alpha value is -1.49. The largest absolute Gasteiger partial charge is 0.381 e. The zero-order valence-electron chi connectivity index (χ0n) is 10.8. The molecule has 0 saturated carbocycles. The molecule has 0 saturated heterocycles. The van der Waals surface area contributed by atoms with Crippen molar-refractivity contribution < 1.29 is 13.2 Å². The molecule has 0 fully saturated rings. The Kier molecular flexibility index (Phi) is 4.70. The molecule has 1 nitrogen and oxygen atoms in total. The van der Waals surface area contributed by atoms with Crippen LogP contribution in [0.1, 0.15) is 23.1 Å². The van der Waals surface area contributed by atoms with Gasteiger partial charge in [-0.15, -0.1) is 0 Å². The second-order valence-corrected chi connectivity index (χ2v) is 5.33. The average Bonchev–Trinajstić information content (AvgIpc) is 2.42. The maximum absolute atomic E-state index is 13.3. The van der Waals surface area contributed by atoms with E-state index in [0.717, 1.165) is 16.8 Å². The minimum absolute atomic E-state index is 0.00876. The Morgan fingerprint density at radius 3 is 2.40 bits per heavy atom. The lowest BCUT2D eigenvalue weighted by Gasteiger charge is -2.11. The Labute approximate surface area is 123 Å². The lowest BCUT2D eigenvalue weighted by Crippen LogP contribution is -2.02. The van der Waals surface area contributed by atoms with Gasteiger partial charge >= 0.3 is 0 Å². The minimum Gasteiger partial charge on any atom is -0.381 e. The van der Waals surface area contributed by atoms with E-state index < -0.39 is 6.43 Å². The van der Waals surface area contributed by atoms with Gasteiger partial charge in [-0.1, -0.05) is 24.3 Å². The van der Waals surface area contributed by atoms with E-state index in [0.29, 0.717) is 11.0 Å². The highest BCUT2D eigenvalue weighted by Crippen LogP contribution is 2.25. The van der Waals surface area contributed by atoms with Gasteiger partial charge in [0.1, 0.15) is 5.82 Å². The van der Waals surface area contributed by atoms with Crippen molar-refractivity contribution in [3.8, 4) is 0 Å². The first-order valence-corrected chi connectivity index (χ1v) is 6.83. The highest BCUT2D eigenvalue weighted by Gasteiger charge is 2.07. The molecule has 2 aromatic carbocycles. The van der Waals surface area contributed by atoms with E-state index in [9.17, 15) is 13.2 Å². The highest BCUT2D eigenvalue weighted by atomic mass is 79.9. The third-order valence-electron chi connectivity index (χ3n) is 2.98. The number of hydrogen-bond acceptors (Lipinski definition) is 1. The van der Waals surface area contributed by atoms with Gasteiger partial charge in [-0.25, -0.2) is 13.2 Å². The van der Waals surface area contributed by atoms with Gasteiger partial charge in [0.2, 0.25) is 0 Å². The quantitative estimate of drug-likeness (QED) is 0.778. The fourth-order valence-electron chi connectivity index (χ4n) is 1.81.